The molecule has 0 aliphatic rings. The average Bonchev–Trinajstić information content (AvgIpc) is 2.33. The second-order valence-electron chi connectivity index (χ2n) is 3.56. The van der Waals surface area contributed by atoms with Crippen molar-refractivity contribution < 1.29 is 0 Å². The average molecular weight is 247 g/mol. The minimum absolute atomic E-state index is 0.148. The van der Waals surface area contributed by atoms with E-state index in [9.17, 15) is 0 Å². The molecule has 0 amide bonds. The van der Waals surface area contributed by atoms with E-state index >= 15 is 0 Å². The Morgan fingerprint density at radius 2 is 1.88 bits per heavy atom. The minimum atomic E-state index is 0.148. The van der Waals surface area contributed by atoms with Crippen molar-refractivity contribution in [3.05, 3.63) is 58.7 Å². The summed E-state index contributed by atoms with van der Waals surface area (Å²) in [5.74, 6) is 0.226. The number of halogens is 1. The second-order valence-corrected chi connectivity index (χ2v) is 3.95. The first kappa shape index (κ1) is 11.5. The number of hydrogen-bond donors (Lipinski definition) is 2. The molecule has 2 rings (SSSR count). The first-order valence-electron chi connectivity index (χ1n) is 5.09. The van der Waals surface area contributed by atoms with Crippen LogP contribution < -0.4 is 5.49 Å². The van der Waals surface area contributed by atoms with Crippen LogP contribution in [0.3, 0.4) is 0 Å². The zero-order valence-electron chi connectivity index (χ0n) is 9.02. The molecule has 0 spiro atoms. The Morgan fingerprint density at radius 1 is 1.18 bits per heavy atom. The number of nitrogens with one attached hydrogen (secondary N) is 2. The van der Waals surface area contributed by atoms with E-state index in [4.69, 9.17) is 22.4 Å². The number of aromatic nitrogens is 2. The van der Waals surface area contributed by atoms with Crippen LogP contribution in [0.2, 0.25) is 5.15 Å². The van der Waals surface area contributed by atoms with Crippen LogP contribution in [0.15, 0.2) is 42.5 Å². The molecule has 0 unspecified atom stereocenters. The lowest BCUT2D eigenvalue weighted by atomic mass is 10.1. The maximum Gasteiger partial charge on any atom is 0.150 e. The summed E-state index contributed by atoms with van der Waals surface area (Å²) in [4.78, 5) is 0. The Bertz CT molecular complexity index is 589. The summed E-state index contributed by atoms with van der Waals surface area (Å²) in [6, 6.07) is 12.7. The fourth-order valence-electron chi connectivity index (χ4n) is 1.47. The lowest BCUT2D eigenvalue weighted by Crippen LogP contribution is -2.29. The second kappa shape index (κ2) is 4.93. The van der Waals surface area contributed by atoms with Crippen molar-refractivity contribution >= 4 is 17.4 Å². The Balaban J connectivity index is 2.26. The third-order valence-electron chi connectivity index (χ3n) is 2.27. The van der Waals surface area contributed by atoms with Crippen LogP contribution in [-0.4, -0.2) is 15.6 Å². The molecule has 0 saturated carbocycles. The molecule has 0 bridgehead atoms. The van der Waals surface area contributed by atoms with E-state index in [1.54, 1.807) is 0 Å². The van der Waals surface area contributed by atoms with Crippen molar-refractivity contribution in [1.82, 2.24) is 9.78 Å². The number of benzene rings is 1. The lowest BCUT2D eigenvalue weighted by molar-refractivity contribution is 0.795. The van der Waals surface area contributed by atoms with Gasteiger partial charge in [-0.15, -0.1) is 0 Å². The molecule has 0 aliphatic heterocycles. The van der Waals surface area contributed by atoms with Gasteiger partial charge in [-0.3, -0.25) is 10.8 Å². The maximum absolute atomic E-state index is 7.93. The van der Waals surface area contributed by atoms with Gasteiger partial charge in [0.15, 0.2) is 0 Å². The highest BCUT2D eigenvalue weighted by molar-refractivity contribution is 6.29. The highest BCUT2D eigenvalue weighted by Crippen LogP contribution is 2.02. The smallest absolute Gasteiger partial charge is 0.150 e. The van der Waals surface area contributed by atoms with Crippen molar-refractivity contribution in [2.45, 2.75) is 6.42 Å². The zero-order chi connectivity index (χ0) is 12.3. The van der Waals surface area contributed by atoms with Gasteiger partial charge in [-0.25, -0.2) is 4.68 Å². The largest absolute Gasteiger partial charge is 0.286 e. The van der Waals surface area contributed by atoms with Crippen molar-refractivity contribution in [1.29, 1.82) is 10.8 Å². The van der Waals surface area contributed by atoms with Crippen LogP contribution in [0.5, 0.6) is 0 Å². The van der Waals surface area contributed by atoms with Crippen molar-refractivity contribution in [2.75, 3.05) is 0 Å². The fraction of sp³-hybridized carbons (Fsp3) is 0.0833. The third-order valence-corrected chi connectivity index (χ3v) is 2.47. The van der Waals surface area contributed by atoms with E-state index in [1.165, 1.54) is 16.8 Å². The Labute approximate surface area is 104 Å². The zero-order valence-corrected chi connectivity index (χ0v) is 9.78. The highest BCUT2D eigenvalue weighted by atomic mass is 35.5. The summed E-state index contributed by atoms with van der Waals surface area (Å²) in [5.41, 5.74) is 1.15. The molecule has 0 fully saturated rings. The van der Waals surface area contributed by atoms with Gasteiger partial charge in [0.2, 0.25) is 0 Å². The summed E-state index contributed by atoms with van der Waals surface area (Å²) in [6.07, 6.45) is 0.421. The standard InChI is InChI=1S/C12H11ClN4/c13-10-6-7-11(14)17(16-10)12(15)8-9-4-2-1-3-5-9/h1-7,14-15H,8H2. The lowest BCUT2D eigenvalue weighted by Gasteiger charge is -2.07. The normalized spacial score (nSPS) is 10.2. The first-order chi connectivity index (χ1) is 8.16. The molecule has 1 aromatic heterocycles. The van der Waals surface area contributed by atoms with E-state index in [1.807, 2.05) is 30.3 Å². The van der Waals surface area contributed by atoms with Crippen LogP contribution in [0, 0.1) is 10.8 Å². The molecule has 2 N–H and O–H groups in total. The fourth-order valence-corrected chi connectivity index (χ4v) is 1.61. The van der Waals surface area contributed by atoms with Gasteiger partial charge in [0, 0.05) is 6.42 Å². The van der Waals surface area contributed by atoms with Crippen LogP contribution in [0.1, 0.15) is 5.56 Å². The van der Waals surface area contributed by atoms with E-state index < -0.39 is 0 Å². The summed E-state index contributed by atoms with van der Waals surface area (Å²) >= 11 is 5.75. The minimum Gasteiger partial charge on any atom is -0.286 e. The topological polar surface area (TPSA) is 65.5 Å². The molecule has 0 aliphatic carbocycles. The SMILES string of the molecule is N=C(Cc1ccccc1)n1nc(Cl)ccc1=N. The number of nitrogens with zero attached hydrogens (tertiary/aromatic N) is 2. The van der Waals surface area contributed by atoms with Gasteiger partial charge in [-0.2, -0.15) is 5.10 Å². The molecule has 1 heterocycles. The van der Waals surface area contributed by atoms with Gasteiger partial charge in [0.25, 0.3) is 0 Å². The van der Waals surface area contributed by atoms with E-state index in [2.05, 4.69) is 5.10 Å². The molecule has 86 valence electrons. The van der Waals surface area contributed by atoms with Gasteiger partial charge in [-0.05, 0) is 17.7 Å². The third kappa shape index (κ3) is 2.79. The van der Waals surface area contributed by atoms with Crippen molar-refractivity contribution in [3.63, 3.8) is 0 Å². The van der Waals surface area contributed by atoms with Crippen molar-refractivity contribution in [3.8, 4) is 0 Å². The van der Waals surface area contributed by atoms with E-state index in [0.717, 1.165) is 5.56 Å². The molecular weight excluding hydrogens is 236 g/mol. The molecule has 2 aromatic rings. The predicted octanol–water partition coefficient (Wildman–Crippen LogP) is 2.08. The molecule has 0 atom stereocenters. The quantitative estimate of drug-likeness (QED) is 0.618. The Morgan fingerprint density at radius 3 is 2.59 bits per heavy atom. The summed E-state index contributed by atoms with van der Waals surface area (Å²) in [6.45, 7) is 0. The van der Waals surface area contributed by atoms with E-state index in [0.29, 0.717) is 6.42 Å². The van der Waals surface area contributed by atoms with E-state index in [-0.39, 0.29) is 16.5 Å². The number of hydrogen-bond acceptors (Lipinski definition) is 3. The summed E-state index contributed by atoms with van der Waals surface area (Å²) < 4.78 is 1.23. The van der Waals surface area contributed by atoms with Gasteiger partial charge in [0.05, 0.1) is 0 Å². The molecule has 0 radical (unpaired) electrons. The molecule has 4 nitrogen and oxygen atoms in total. The van der Waals surface area contributed by atoms with Crippen LogP contribution in [-0.2, 0) is 6.42 Å². The van der Waals surface area contributed by atoms with Crippen LogP contribution in [0.25, 0.3) is 0 Å². The van der Waals surface area contributed by atoms with Gasteiger partial charge in [0.1, 0.15) is 16.5 Å². The predicted molar refractivity (Wildman–Crippen MR) is 66.4 cm³/mol. The number of rotatable bonds is 2. The summed E-state index contributed by atoms with van der Waals surface area (Å²) in [7, 11) is 0. The molecule has 0 saturated heterocycles. The summed E-state index contributed by atoms with van der Waals surface area (Å²) in [5, 5.41) is 19.8. The molecular formula is C12H11ClN4. The van der Waals surface area contributed by atoms with Crippen LogP contribution in [0.4, 0.5) is 0 Å². The Kier molecular flexibility index (Phi) is 3.35. The van der Waals surface area contributed by atoms with Crippen LogP contribution >= 0.6 is 11.6 Å². The Hall–Kier alpha value is -1.94. The van der Waals surface area contributed by atoms with Gasteiger partial charge < -0.3 is 0 Å². The van der Waals surface area contributed by atoms with Crippen molar-refractivity contribution in [2.24, 2.45) is 0 Å². The molecule has 5 heteroatoms. The van der Waals surface area contributed by atoms with Gasteiger partial charge >= 0.3 is 0 Å². The molecule has 17 heavy (non-hydrogen) atoms. The first-order valence-corrected chi connectivity index (χ1v) is 5.47. The molecule has 1 aromatic carbocycles. The maximum atomic E-state index is 7.93. The highest BCUT2D eigenvalue weighted by Gasteiger charge is 2.04. The monoisotopic (exact) mass is 246 g/mol. The van der Waals surface area contributed by atoms with Gasteiger partial charge in [-0.1, -0.05) is 41.9 Å².